The number of nitrogens with zero attached hydrogens (tertiary/aromatic N) is 3. The van der Waals surface area contributed by atoms with Gasteiger partial charge in [0.1, 0.15) is 11.6 Å². The van der Waals surface area contributed by atoms with Gasteiger partial charge < -0.3 is 10.6 Å². The number of pyridine rings is 1. The highest BCUT2D eigenvalue weighted by molar-refractivity contribution is 5.74. The molecule has 6 heteroatoms. The van der Waals surface area contributed by atoms with E-state index in [1.165, 1.54) is 12.8 Å². The molecule has 2 amide bonds. The van der Waals surface area contributed by atoms with Crippen molar-refractivity contribution in [2.24, 2.45) is 5.92 Å². The molecule has 128 valence electrons. The number of aryl methyl sites for hydroxylation is 1. The standard InChI is InChI=1S/C18H25N5O/c1-13-4-3-5-16(10-13)22-18(24)21-12-15-6-7-17(20-11-15)23-9-8-19-14(23)2/h6-9,11,13,16H,3-5,10,12H2,1-2H3,(H2,21,22,24)/t13-,16-/m0/s1. The van der Waals surface area contributed by atoms with E-state index in [9.17, 15) is 4.79 Å². The molecule has 0 aromatic carbocycles. The highest BCUT2D eigenvalue weighted by Gasteiger charge is 2.20. The summed E-state index contributed by atoms with van der Waals surface area (Å²) in [5.41, 5.74) is 0.976. The van der Waals surface area contributed by atoms with Crippen LogP contribution in [0.25, 0.3) is 5.82 Å². The minimum atomic E-state index is -0.0939. The minimum Gasteiger partial charge on any atom is -0.335 e. The largest absolute Gasteiger partial charge is 0.335 e. The van der Waals surface area contributed by atoms with Crippen LogP contribution in [-0.4, -0.2) is 26.6 Å². The second-order valence-electron chi connectivity index (χ2n) is 6.66. The summed E-state index contributed by atoms with van der Waals surface area (Å²) < 4.78 is 1.92. The van der Waals surface area contributed by atoms with E-state index in [-0.39, 0.29) is 6.03 Å². The zero-order valence-corrected chi connectivity index (χ0v) is 14.3. The summed E-state index contributed by atoms with van der Waals surface area (Å²) in [6.07, 6.45) is 10.1. The Morgan fingerprint density at radius 1 is 1.33 bits per heavy atom. The topological polar surface area (TPSA) is 71.8 Å². The second-order valence-corrected chi connectivity index (χ2v) is 6.66. The van der Waals surface area contributed by atoms with Crippen molar-refractivity contribution in [3.63, 3.8) is 0 Å². The number of imidazole rings is 1. The van der Waals surface area contributed by atoms with Crippen molar-refractivity contribution in [1.29, 1.82) is 0 Å². The van der Waals surface area contributed by atoms with Crippen molar-refractivity contribution in [1.82, 2.24) is 25.2 Å². The first-order valence-corrected chi connectivity index (χ1v) is 8.61. The molecule has 0 bridgehead atoms. The molecule has 2 aromatic rings. The Kier molecular flexibility index (Phi) is 5.13. The first kappa shape index (κ1) is 16.5. The predicted molar refractivity (Wildman–Crippen MR) is 92.9 cm³/mol. The lowest BCUT2D eigenvalue weighted by Crippen LogP contribution is -2.43. The summed E-state index contributed by atoms with van der Waals surface area (Å²) in [6, 6.07) is 4.12. The van der Waals surface area contributed by atoms with Crippen molar-refractivity contribution in [3.8, 4) is 5.82 Å². The molecule has 0 radical (unpaired) electrons. The van der Waals surface area contributed by atoms with Crippen LogP contribution < -0.4 is 10.6 Å². The molecule has 1 aliphatic carbocycles. The molecule has 1 aliphatic rings. The molecule has 6 nitrogen and oxygen atoms in total. The van der Waals surface area contributed by atoms with Gasteiger partial charge in [0.15, 0.2) is 0 Å². The fourth-order valence-corrected chi connectivity index (χ4v) is 3.27. The van der Waals surface area contributed by atoms with Gasteiger partial charge in [-0.25, -0.2) is 14.8 Å². The van der Waals surface area contributed by atoms with E-state index in [1.54, 1.807) is 12.4 Å². The van der Waals surface area contributed by atoms with Crippen LogP contribution in [0.15, 0.2) is 30.7 Å². The monoisotopic (exact) mass is 327 g/mol. The van der Waals surface area contributed by atoms with E-state index in [2.05, 4.69) is 27.5 Å². The van der Waals surface area contributed by atoms with Crippen LogP contribution >= 0.6 is 0 Å². The predicted octanol–water partition coefficient (Wildman–Crippen LogP) is 2.95. The van der Waals surface area contributed by atoms with Crippen LogP contribution in [-0.2, 0) is 6.54 Å². The van der Waals surface area contributed by atoms with Crippen molar-refractivity contribution >= 4 is 6.03 Å². The molecular formula is C18H25N5O. The number of urea groups is 1. The average molecular weight is 327 g/mol. The highest BCUT2D eigenvalue weighted by atomic mass is 16.2. The molecule has 24 heavy (non-hydrogen) atoms. The van der Waals surface area contributed by atoms with Gasteiger partial charge in [0.05, 0.1) is 0 Å². The molecule has 0 aliphatic heterocycles. The summed E-state index contributed by atoms with van der Waals surface area (Å²) in [5.74, 6) is 2.43. The van der Waals surface area contributed by atoms with Gasteiger partial charge in [-0.1, -0.05) is 25.8 Å². The van der Waals surface area contributed by atoms with Crippen LogP contribution in [0.4, 0.5) is 4.79 Å². The Morgan fingerprint density at radius 2 is 2.21 bits per heavy atom. The Morgan fingerprint density at radius 3 is 2.88 bits per heavy atom. The number of aromatic nitrogens is 3. The summed E-state index contributed by atoms with van der Waals surface area (Å²) in [4.78, 5) is 20.7. The van der Waals surface area contributed by atoms with Crippen LogP contribution in [0.5, 0.6) is 0 Å². The van der Waals surface area contributed by atoms with E-state index in [4.69, 9.17) is 0 Å². The molecule has 1 saturated carbocycles. The molecule has 2 heterocycles. The first-order chi connectivity index (χ1) is 11.6. The molecule has 2 atom stereocenters. The molecule has 3 rings (SSSR count). The van der Waals surface area contributed by atoms with Gasteiger partial charge in [-0.3, -0.25) is 4.57 Å². The van der Waals surface area contributed by atoms with Gasteiger partial charge in [-0.2, -0.15) is 0 Å². The van der Waals surface area contributed by atoms with Crippen molar-refractivity contribution < 1.29 is 4.79 Å². The van der Waals surface area contributed by atoms with Gasteiger partial charge in [0.2, 0.25) is 0 Å². The number of carbonyl (C=O) groups excluding carboxylic acids is 1. The number of nitrogens with one attached hydrogen (secondary N) is 2. The number of hydrogen-bond acceptors (Lipinski definition) is 3. The molecule has 0 spiro atoms. The lowest BCUT2D eigenvalue weighted by molar-refractivity contribution is 0.227. The summed E-state index contributed by atoms with van der Waals surface area (Å²) >= 11 is 0. The number of hydrogen-bond donors (Lipinski definition) is 2. The Balaban J connectivity index is 1.49. The Hall–Kier alpha value is -2.37. The van der Waals surface area contributed by atoms with Crippen LogP contribution in [0.2, 0.25) is 0 Å². The van der Waals surface area contributed by atoms with Gasteiger partial charge in [-0.15, -0.1) is 0 Å². The van der Waals surface area contributed by atoms with Gasteiger partial charge in [0, 0.05) is 31.2 Å². The number of rotatable bonds is 4. The summed E-state index contributed by atoms with van der Waals surface area (Å²) in [7, 11) is 0. The van der Waals surface area contributed by atoms with E-state index in [1.807, 2.05) is 29.8 Å². The van der Waals surface area contributed by atoms with E-state index in [0.29, 0.717) is 18.5 Å². The van der Waals surface area contributed by atoms with Crippen molar-refractivity contribution in [2.45, 2.75) is 52.1 Å². The van der Waals surface area contributed by atoms with Crippen LogP contribution in [0.1, 0.15) is 44.0 Å². The van der Waals surface area contributed by atoms with E-state index < -0.39 is 0 Å². The lowest BCUT2D eigenvalue weighted by Gasteiger charge is -2.27. The molecular weight excluding hydrogens is 302 g/mol. The van der Waals surface area contributed by atoms with Gasteiger partial charge in [-0.05, 0) is 37.3 Å². The normalized spacial score (nSPS) is 20.6. The third-order valence-electron chi connectivity index (χ3n) is 4.61. The van der Waals surface area contributed by atoms with Crippen molar-refractivity contribution in [2.75, 3.05) is 0 Å². The van der Waals surface area contributed by atoms with E-state index in [0.717, 1.165) is 30.0 Å². The van der Waals surface area contributed by atoms with Crippen molar-refractivity contribution in [3.05, 3.63) is 42.1 Å². The summed E-state index contributed by atoms with van der Waals surface area (Å²) in [5, 5.41) is 6.00. The highest BCUT2D eigenvalue weighted by Crippen LogP contribution is 2.23. The Bertz CT molecular complexity index is 679. The maximum Gasteiger partial charge on any atom is 0.315 e. The van der Waals surface area contributed by atoms with Gasteiger partial charge in [0.25, 0.3) is 0 Å². The lowest BCUT2D eigenvalue weighted by atomic mass is 9.87. The Labute approximate surface area is 142 Å². The quantitative estimate of drug-likeness (QED) is 0.907. The van der Waals surface area contributed by atoms with Gasteiger partial charge >= 0.3 is 6.03 Å². The van der Waals surface area contributed by atoms with E-state index >= 15 is 0 Å². The maximum absolute atomic E-state index is 12.0. The zero-order valence-electron chi connectivity index (χ0n) is 14.3. The number of carbonyl (C=O) groups is 1. The molecule has 0 saturated heterocycles. The molecule has 2 aromatic heterocycles. The third-order valence-corrected chi connectivity index (χ3v) is 4.61. The first-order valence-electron chi connectivity index (χ1n) is 8.61. The minimum absolute atomic E-state index is 0.0939. The number of amides is 2. The molecule has 2 N–H and O–H groups in total. The summed E-state index contributed by atoms with van der Waals surface area (Å²) in [6.45, 7) is 4.67. The SMILES string of the molecule is Cc1nccn1-c1ccc(CNC(=O)N[C@H]2CCC[C@H](C)C2)cn1. The molecule has 1 fully saturated rings. The molecule has 0 unspecified atom stereocenters. The second kappa shape index (κ2) is 7.47. The maximum atomic E-state index is 12.0. The van der Waals surface area contributed by atoms with Crippen LogP contribution in [0.3, 0.4) is 0 Å². The van der Waals surface area contributed by atoms with Crippen LogP contribution in [0, 0.1) is 12.8 Å². The fourth-order valence-electron chi connectivity index (χ4n) is 3.27. The third kappa shape index (κ3) is 4.13. The average Bonchev–Trinajstić information content (AvgIpc) is 2.99. The zero-order chi connectivity index (χ0) is 16.9. The fraction of sp³-hybridized carbons (Fsp3) is 0.500. The smallest absolute Gasteiger partial charge is 0.315 e.